The normalized spacial score (nSPS) is 25.5. The van der Waals surface area contributed by atoms with E-state index in [1.54, 1.807) is 11.0 Å². The van der Waals surface area contributed by atoms with E-state index in [0.29, 0.717) is 31.2 Å². The summed E-state index contributed by atoms with van der Waals surface area (Å²) >= 11 is 0. The number of carbonyl (C=O) groups excluding carboxylic acids is 1. The first-order valence-corrected chi connectivity index (χ1v) is 12.7. The molecule has 1 saturated carbocycles. The predicted octanol–water partition coefficient (Wildman–Crippen LogP) is 4.41. The molecular weight excluding hydrogens is 457 g/mol. The van der Waals surface area contributed by atoms with Crippen LogP contribution in [0.2, 0.25) is 0 Å². The molecule has 1 aromatic carbocycles. The molecule has 0 aromatic heterocycles. The number of rotatable bonds is 11. The standard InChI is InChI=1S/C27H38FN7O/c1-5-17(2)6-7-19-14-20(28)8-11-23(19)27(4,26(30)33-34-31)12-13-32-16-24(36)35-21(15-29)9-10-22-18(3)25(22)35/h5,8,11,14,18,21-22,25,32H,6-7,9-10,12-13,16H2,1-4H3,(H3,30,31,33)/b17-5+/t18?,21-,22?,25?,27?/m0/s1. The molecule has 1 saturated heterocycles. The summed E-state index contributed by atoms with van der Waals surface area (Å²) in [5, 5.41) is 19.7. The van der Waals surface area contributed by atoms with E-state index in [2.05, 4.69) is 28.6 Å². The largest absolute Gasteiger partial charge is 0.385 e. The summed E-state index contributed by atoms with van der Waals surface area (Å²) in [6.07, 6.45) is 5.67. The van der Waals surface area contributed by atoms with Crippen molar-refractivity contribution in [1.29, 1.82) is 10.8 Å². The summed E-state index contributed by atoms with van der Waals surface area (Å²) in [7, 11) is 0. The van der Waals surface area contributed by atoms with Gasteiger partial charge in [-0.05, 0) is 94.5 Å². The number of nitrogens with zero attached hydrogens (tertiary/aromatic N) is 4. The molecular formula is C27H38FN7O. The van der Waals surface area contributed by atoms with Crippen LogP contribution in [-0.4, -0.2) is 41.8 Å². The first kappa shape index (κ1) is 27.5. The second kappa shape index (κ2) is 11.7. The van der Waals surface area contributed by atoms with Crippen LogP contribution in [0.15, 0.2) is 40.2 Å². The highest BCUT2D eigenvalue weighted by atomic mass is 19.1. The van der Waals surface area contributed by atoms with Gasteiger partial charge in [-0.3, -0.25) is 4.79 Å². The molecule has 1 aliphatic carbocycles. The third-order valence-corrected chi connectivity index (χ3v) is 8.12. The van der Waals surface area contributed by atoms with E-state index in [1.807, 2.05) is 26.8 Å². The van der Waals surface area contributed by atoms with Gasteiger partial charge in [0.05, 0.1) is 18.0 Å². The average Bonchev–Trinajstić information content (AvgIpc) is 3.53. The van der Waals surface area contributed by atoms with Crippen LogP contribution in [0, 0.1) is 34.5 Å². The predicted molar refractivity (Wildman–Crippen MR) is 138 cm³/mol. The van der Waals surface area contributed by atoms with Crippen LogP contribution in [-0.2, 0) is 16.6 Å². The van der Waals surface area contributed by atoms with Crippen LogP contribution >= 0.6 is 0 Å². The minimum atomic E-state index is -0.816. The Labute approximate surface area is 213 Å². The van der Waals surface area contributed by atoms with Crippen LogP contribution in [0.5, 0.6) is 0 Å². The fourth-order valence-electron chi connectivity index (χ4n) is 5.55. The van der Waals surface area contributed by atoms with Crippen molar-refractivity contribution < 1.29 is 9.18 Å². The Hall–Kier alpha value is -3.12. The highest BCUT2D eigenvalue weighted by molar-refractivity contribution is 5.91. The lowest BCUT2D eigenvalue weighted by molar-refractivity contribution is -0.133. The summed E-state index contributed by atoms with van der Waals surface area (Å²) in [4.78, 5) is 14.8. The molecule has 0 radical (unpaired) electrons. The number of likely N-dealkylation sites (tertiary alicyclic amines) is 1. The number of allylic oxidation sites excluding steroid dienone is 2. The van der Waals surface area contributed by atoms with Crippen LogP contribution in [0.3, 0.4) is 0 Å². The number of nitrogens with two attached hydrogens (primary N) is 1. The lowest BCUT2D eigenvalue weighted by Crippen LogP contribution is -2.49. The van der Waals surface area contributed by atoms with E-state index in [1.165, 1.54) is 17.7 Å². The SMILES string of the molecule is C/C=C(\C)CCc1cc(F)ccc1C(C)(CCNCC(=O)N1C2C(C)C2CC[C@H]1C#N)C(N)=NN=N. The smallest absolute Gasteiger partial charge is 0.237 e. The zero-order chi connectivity index (χ0) is 26.5. The summed E-state index contributed by atoms with van der Waals surface area (Å²) in [5.74, 6) is 0.739. The highest BCUT2D eigenvalue weighted by Gasteiger charge is 2.56. The lowest BCUT2D eigenvalue weighted by atomic mass is 9.75. The van der Waals surface area contributed by atoms with Gasteiger partial charge in [-0.2, -0.15) is 10.8 Å². The number of nitriles is 1. The van der Waals surface area contributed by atoms with Gasteiger partial charge in [0.25, 0.3) is 0 Å². The van der Waals surface area contributed by atoms with Crippen molar-refractivity contribution in [3.63, 3.8) is 0 Å². The Morgan fingerprint density at radius 3 is 2.86 bits per heavy atom. The van der Waals surface area contributed by atoms with Gasteiger partial charge in [-0.1, -0.05) is 29.9 Å². The number of nitrogens with one attached hydrogen (secondary N) is 2. The third kappa shape index (κ3) is 5.81. The van der Waals surface area contributed by atoms with Crippen LogP contribution in [0.1, 0.15) is 64.5 Å². The number of piperidine rings is 1. The second-order valence-electron chi connectivity index (χ2n) is 10.3. The summed E-state index contributed by atoms with van der Waals surface area (Å²) in [5.41, 5.74) is 15.5. The van der Waals surface area contributed by atoms with Gasteiger partial charge in [0, 0.05) is 6.04 Å². The van der Waals surface area contributed by atoms with Gasteiger partial charge in [0.15, 0.2) is 0 Å². The number of aryl methyl sites for hydroxylation is 1. The number of benzene rings is 1. The van der Waals surface area contributed by atoms with Crippen molar-refractivity contribution in [3.8, 4) is 6.07 Å². The zero-order valence-corrected chi connectivity index (χ0v) is 21.7. The van der Waals surface area contributed by atoms with Gasteiger partial charge < -0.3 is 16.0 Å². The Bertz CT molecular complexity index is 1080. The van der Waals surface area contributed by atoms with Crippen LogP contribution in [0.4, 0.5) is 4.39 Å². The van der Waals surface area contributed by atoms with Gasteiger partial charge >= 0.3 is 0 Å². The molecule has 2 fully saturated rings. The maximum Gasteiger partial charge on any atom is 0.237 e. The molecule has 0 spiro atoms. The fraction of sp³-hybridized carbons (Fsp3) is 0.593. The number of hydrogen-bond donors (Lipinski definition) is 3. The Morgan fingerprint density at radius 2 is 2.19 bits per heavy atom. The lowest BCUT2D eigenvalue weighted by Gasteiger charge is -2.33. The molecule has 4 unspecified atom stereocenters. The topological polar surface area (TPSA) is 131 Å². The van der Waals surface area contributed by atoms with Crippen LogP contribution in [0.25, 0.3) is 0 Å². The van der Waals surface area contributed by atoms with Crippen molar-refractivity contribution in [2.45, 2.75) is 77.3 Å². The van der Waals surface area contributed by atoms with Crippen molar-refractivity contribution >= 4 is 11.7 Å². The molecule has 36 heavy (non-hydrogen) atoms. The number of halogens is 1. The Morgan fingerprint density at radius 1 is 1.44 bits per heavy atom. The Kier molecular flexibility index (Phi) is 8.96. The number of hydrogen-bond acceptors (Lipinski definition) is 5. The first-order chi connectivity index (χ1) is 17.2. The highest BCUT2D eigenvalue weighted by Crippen LogP contribution is 2.50. The van der Waals surface area contributed by atoms with Crippen molar-refractivity contribution in [3.05, 3.63) is 46.8 Å². The minimum absolute atomic E-state index is 0.0607. The molecule has 4 N–H and O–H groups in total. The zero-order valence-electron chi connectivity index (χ0n) is 21.7. The van der Waals surface area contributed by atoms with E-state index < -0.39 is 5.41 Å². The van der Waals surface area contributed by atoms with Crippen molar-refractivity contribution in [2.75, 3.05) is 13.1 Å². The number of carbonyl (C=O) groups is 1. The average molecular weight is 496 g/mol. The first-order valence-electron chi connectivity index (χ1n) is 12.7. The molecule has 3 rings (SSSR count). The van der Waals surface area contributed by atoms with E-state index in [9.17, 15) is 14.4 Å². The van der Waals surface area contributed by atoms with Gasteiger partial charge in [0.1, 0.15) is 17.7 Å². The maximum atomic E-state index is 14.2. The molecule has 9 heteroatoms. The number of fused-ring (bicyclic) bond motifs is 1. The summed E-state index contributed by atoms with van der Waals surface area (Å²) < 4.78 is 14.2. The molecule has 8 nitrogen and oxygen atoms in total. The monoisotopic (exact) mass is 495 g/mol. The van der Waals surface area contributed by atoms with Crippen molar-refractivity contribution in [1.82, 2.24) is 10.2 Å². The van der Waals surface area contributed by atoms with Gasteiger partial charge in [-0.15, -0.1) is 5.10 Å². The molecule has 1 amide bonds. The molecule has 1 heterocycles. The Balaban J connectivity index is 1.73. The van der Waals surface area contributed by atoms with E-state index >= 15 is 0 Å². The van der Waals surface area contributed by atoms with E-state index in [4.69, 9.17) is 11.3 Å². The van der Waals surface area contributed by atoms with Crippen molar-refractivity contribution in [2.24, 2.45) is 27.9 Å². The number of amides is 1. The van der Waals surface area contributed by atoms with Gasteiger partial charge in [-0.25, -0.2) is 4.39 Å². The second-order valence-corrected chi connectivity index (χ2v) is 10.3. The summed E-state index contributed by atoms with van der Waals surface area (Å²) in [6.45, 7) is 8.64. The molecule has 0 bridgehead atoms. The molecule has 5 atom stereocenters. The molecule has 194 valence electrons. The van der Waals surface area contributed by atoms with Crippen LogP contribution < -0.4 is 11.1 Å². The minimum Gasteiger partial charge on any atom is -0.385 e. The van der Waals surface area contributed by atoms with E-state index in [-0.39, 0.29) is 36.2 Å². The van der Waals surface area contributed by atoms with Gasteiger partial charge in [0.2, 0.25) is 5.91 Å². The number of amidine groups is 1. The maximum absolute atomic E-state index is 14.2. The fourth-order valence-corrected chi connectivity index (χ4v) is 5.55. The van der Waals surface area contributed by atoms with E-state index in [0.717, 1.165) is 30.4 Å². The summed E-state index contributed by atoms with van der Waals surface area (Å²) in [6, 6.07) is 6.78. The quantitative estimate of drug-likeness (QED) is 0.105. The molecule has 1 aliphatic heterocycles. The molecule has 2 aliphatic rings. The molecule has 1 aromatic rings. The third-order valence-electron chi connectivity index (χ3n) is 8.12.